The minimum atomic E-state index is -0.763. The first-order valence-electron chi connectivity index (χ1n) is 26.1. The second kappa shape index (κ2) is 44.5. The maximum atomic E-state index is 12.7. The van der Waals surface area contributed by atoms with Crippen LogP contribution in [0.15, 0.2) is 0 Å². The number of unbranched alkanes of at least 4 members (excludes halogenated alkanes) is 28. The Morgan fingerprint density at radius 2 is 0.593 bits per heavy atom. The van der Waals surface area contributed by atoms with Crippen LogP contribution in [0.1, 0.15) is 286 Å². The molecule has 6 heteroatoms. The fourth-order valence-corrected chi connectivity index (χ4v) is 7.91. The van der Waals surface area contributed by atoms with Crippen LogP contribution in [0.3, 0.4) is 0 Å². The molecule has 0 aliphatic heterocycles. The summed E-state index contributed by atoms with van der Waals surface area (Å²) in [6.45, 7) is 13.6. The van der Waals surface area contributed by atoms with E-state index < -0.39 is 6.10 Å². The number of esters is 3. The van der Waals surface area contributed by atoms with Crippen molar-refractivity contribution in [1.82, 2.24) is 0 Å². The summed E-state index contributed by atoms with van der Waals surface area (Å²) in [5.74, 6) is 1.59. The second-order valence-corrected chi connectivity index (χ2v) is 19.4. The molecule has 2 atom stereocenters. The molecule has 0 aliphatic rings. The zero-order valence-electron chi connectivity index (χ0n) is 40.5. The minimum absolute atomic E-state index is 0.0662. The third-order valence-corrected chi connectivity index (χ3v) is 12.3. The number of hydrogen-bond acceptors (Lipinski definition) is 6. The lowest BCUT2D eigenvalue weighted by atomic mass is 9.99. The van der Waals surface area contributed by atoms with Crippen LogP contribution in [0.5, 0.6) is 0 Å². The highest BCUT2D eigenvalue weighted by Gasteiger charge is 2.19. The van der Waals surface area contributed by atoms with Gasteiger partial charge in [-0.05, 0) is 37.0 Å². The highest BCUT2D eigenvalue weighted by atomic mass is 16.6. The Hall–Kier alpha value is -1.59. The van der Waals surface area contributed by atoms with Crippen LogP contribution in [-0.4, -0.2) is 37.2 Å². The molecule has 0 fully saturated rings. The van der Waals surface area contributed by atoms with Crippen LogP contribution in [0.25, 0.3) is 0 Å². The summed E-state index contributed by atoms with van der Waals surface area (Å²) in [5, 5.41) is 0. The molecule has 0 radical (unpaired) electrons. The molecule has 0 spiro atoms. The van der Waals surface area contributed by atoms with E-state index in [0.717, 1.165) is 75.5 Å². The standard InChI is InChI=1S/C53H102O6/c1-7-49(6)41-35-29-22-18-16-14-12-10-8-9-11-13-15-17-19-23-30-36-42-51(54)57-45-50(59-53(56)44-38-32-26-25-28-34-40-48(4)5)46-58-52(55)43-37-31-24-20-21-27-33-39-47(2)3/h47-50H,7-46H2,1-6H3/t49?,50-/m1/s1. The molecule has 6 nitrogen and oxygen atoms in total. The normalized spacial score (nSPS) is 12.6. The molecule has 0 heterocycles. The molecule has 59 heavy (non-hydrogen) atoms. The molecule has 0 aromatic rings. The molecular formula is C53H102O6. The zero-order chi connectivity index (χ0) is 43.4. The van der Waals surface area contributed by atoms with Crippen molar-refractivity contribution in [2.24, 2.45) is 17.8 Å². The summed E-state index contributed by atoms with van der Waals surface area (Å²) in [6.07, 6.45) is 44.1. The number of ether oxygens (including phenoxy) is 3. The first kappa shape index (κ1) is 57.4. The summed E-state index contributed by atoms with van der Waals surface area (Å²) in [6, 6.07) is 0. The average molecular weight is 835 g/mol. The predicted octanol–water partition coefficient (Wildman–Crippen LogP) is 16.8. The number of carbonyl (C=O) groups excluding carboxylic acids is 3. The van der Waals surface area contributed by atoms with Crippen molar-refractivity contribution in [1.29, 1.82) is 0 Å². The molecule has 0 aromatic heterocycles. The summed E-state index contributed by atoms with van der Waals surface area (Å²) >= 11 is 0. The van der Waals surface area contributed by atoms with Crippen molar-refractivity contribution < 1.29 is 28.6 Å². The molecule has 0 N–H and O–H groups in total. The maximum absolute atomic E-state index is 12.7. The smallest absolute Gasteiger partial charge is 0.306 e. The van der Waals surface area contributed by atoms with Crippen molar-refractivity contribution >= 4 is 17.9 Å². The van der Waals surface area contributed by atoms with Crippen molar-refractivity contribution in [3.05, 3.63) is 0 Å². The Morgan fingerprint density at radius 1 is 0.339 bits per heavy atom. The fourth-order valence-electron chi connectivity index (χ4n) is 7.91. The largest absolute Gasteiger partial charge is 0.462 e. The van der Waals surface area contributed by atoms with Gasteiger partial charge in [-0.25, -0.2) is 0 Å². The van der Waals surface area contributed by atoms with Gasteiger partial charge in [0.1, 0.15) is 13.2 Å². The highest BCUT2D eigenvalue weighted by molar-refractivity contribution is 5.71. The van der Waals surface area contributed by atoms with Gasteiger partial charge in [-0.2, -0.15) is 0 Å². The monoisotopic (exact) mass is 835 g/mol. The average Bonchev–Trinajstić information content (AvgIpc) is 3.20. The molecule has 0 amide bonds. The van der Waals surface area contributed by atoms with E-state index in [-0.39, 0.29) is 31.1 Å². The minimum Gasteiger partial charge on any atom is -0.462 e. The van der Waals surface area contributed by atoms with E-state index in [2.05, 4.69) is 41.5 Å². The van der Waals surface area contributed by atoms with E-state index in [1.165, 1.54) is 167 Å². The number of hydrogen-bond donors (Lipinski definition) is 0. The topological polar surface area (TPSA) is 78.9 Å². The summed E-state index contributed by atoms with van der Waals surface area (Å²) in [5.41, 5.74) is 0. The van der Waals surface area contributed by atoms with Gasteiger partial charge in [0.05, 0.1) is 0 Å². The third-order valence-electron chi connectivity index (χ3n) is 12.3. The highest BCUT2D eigenvalue weighted by Crippen LogP contribution is 2.18. The quantitative estimate of drug-likeness (QED) is 0.0345. The Balaban J connectivity index is 4.13. The lowest BCUT2D eigenvalue weighted by molar-refractivity contribution is -0.167. The van der Waals surface area contributed by atoms with Crippen molar-refractivity contribution in [2.75, 3.05) is 13.2 Å². The maximum Gasteiger partial charge on any atom is 0.306 e. The van der Waals surface area contributed by atoms with Crippen molar-refractivity contribution in [2.45, 2.75) is 292 Å². The Morgan fingerprint density at radius 3 is 0.881 bits per heavy atom. The Kier molecular flexibility index (Phi) is 43.3. The van der Waals surface area contributed by atoms with E-state index in [0.29, 0.717) is 19.3 Å². The second-order valence-electron chi connectivity index (χ2n) is 19.4. The SMILES string of the molecule is CCC(C)CCCCCCCCCCCCCCCCCCCCC(=O)OC[C@H](COC(=O)CCCCCCCCCC(C)C)OC(=O)CCCCCCCCC(C)C. The van der Waals surface area contributed by atoms with Crippen LogP contribution < -0.4 is 0 Å². The lowest BCUT2D eigenvalue weighted by Crippen LogP contribution is -2.30. The van der Waals surface area contributed by atoms with Crippen LogP contribution in [0, 0.1) is 17.8 Å². The first-order chi connectivity index (χ1) is 28.6. The van der Waals surface area contributed by atoms with E-state index in [1.807, 2.05) is 0 Å². The first-order valence-corrected chi connectivity index (χ1v) is 26.1. The third kappa shape index (κ3) is 45.8. The van der Waals surface area contributed by atoms with Gasteiger partial charge < -0.3 is 14.2 Å². The molecule has 0 aromatic carbocycles. The van der Waals surface area contributed by atoms with Gasteiger partial charge in [0.25, 0.3) is 0 Å². The van der Waals surface area contributed by atoms with Crippen LogP contribution >= 0.6 is 0 Å². The van der Waals surface area contributed by atoms with Gasteiger partial charge in [-0.1, -0.05) is 247 Å². The lowest BCUT2D eigenvalue weighted by Gasteiger charge is -2.18. The molecule has 350 valence electrons. The van der Waals surface area contributed by atoms with E-state index >= 15 is 0 Å². The Labute approximate surface area is 368 Å². The van der Waals surface area contributed by atoms with Gasteiger partial charge in [-0.15, -0.1) is 0 Å². The summed E-state index contributed by atoms with van der Waals surface area (Å²) < 4.78 is 16.7. The van der Waals surface area contributed by atoms with Gasteiger partial charge in [0, 0.05) is 19.3 Å². The molecule has 0 saturated heterocycles. The van der Waals surface area contributed by atoms with Crippen molar-refractivity contribution in [3.8, 4) is 0 Å². The summed E-state index contributed by atoms with van der Waals surface area (Å²) in [7, 11) is 0. The van der Waals surface area contributed by atoms with E-state index in [1.54, 1.807) is 0 Å². The molecule has 0 rings (SSSR count). The van der Waals surface area contributed by atoms with Gasteiger partial charge in [-0.3, -0.25) is 14.4 Å². The summed E-state index contributed by atoms with van der Waals surface area (Å²) in [4.78, 5) is 37.8. The zero-order valence-corrected chi connectivity index (χ0v) is 40.5. The van der Waals surface area contributed by atoms with E-state index in [4.69, 9.17) is 14.2 Å². The number of carbonyl (C=O) groups is 3. The van der Waals surface area contributed by atoms with Crippen LogP contribution in [0.4, 0.5) is 0 Å². The van der Waals surface area contributed by atoms with Gasteiger partial charge in [0.15, 0.2) is 6.10 Å². The van der Waals surface area contributed by atoms with Gasteiger partial charge >= 0.3 is 17.9 Å². The molecule has 0 saturated carbocycles. The molecular weight excluding hydrogens is 733 g/mol. The van der Waals surface area contributed by atoms with E-state index in [9.17, 15) is 14.4 Å². The number of rotatable bonds is 46. The fraction of sp³-hybridized carbons (Fsp3) is 0.943. The van der Waals surface area contributed by atoms with Crippen LogP contribution in [-0.2, 0) is 28.6 Å². The van der Waals surface area contributed by atoms with Crippen molar-refractivity contribution in [3.63, 3.8) is 0 Å². The molecule has 1 unspecified atom stereocenters. The molecule has 0 bridgehead atoms. The molecule has 0 aliphatic carbocycles. The van der Waals surface area contributed by atoms with Crippen LogP contribution in [0.2, 0.25) is 0 Å². The Bertz CT molecular complexity index is 916. The van der Waals surface area contributed by atoms with Gasteiger partial charge in [0.2, 0.25) is 0 Å². The predicted molar refractivity (Wildman–Crippen MR) is 252 cm³/mol.